The molecule has 0 aliphatic rings. The Bertz CT molecular complexity index is 955. The van der Waals surface area contributed by atoms with Gasteiger partial charge in [0.25, 0.3) is 0 Å². The summed E-state index contributed by atoms with van der Waals surface area (Å²) in [4.78, 5) is 4.07. The van der Waals surface area contributed by atoms with Crippen LogP contribution in [0.25, 0.3) is 0 Å². The van der Waals surface area contributed by atoms with E-state index in [1.807, 2.05) is 0 Å². The predicted molar refractivity (Wildman–Crippen MR) is 110 cm³/mol. The monoisotopic (exact) mass is 504 g/mol. The first-order valence-corrected chi connectivity index (χ1v) is 11.9. The summed E-state index contributed by atoms with van der Waals surface area (Å²) in [6, 6.07) is 30.4. The molecule has 0 radical (unpaired) electrons. The Morgan fingerprint density at radius 2 is 1.10 bits per heavy atom. The number of benzene rings is 3. The number of halogens is 4. The molecule has 0 unspecified atom stereocenters. The van der Waals surface area contributed by atoms with Crippen molar-refractivity contribution < 1.29 is 26.1 Å². The first-order chi connectivity index (χ1) is 13.6. The van der Waals surface area contributed by atoms with E-state index in [0.717, 1.165) is 5.33 Å². The minimum atomic E-state index is -6.09. The molecule has 3 aromatic carbocycles. The summed E-state index contributed by atoms with van der Waals surface area (Å²) >= 11 is 3.51. The van der Waals surface area contributed by atoms with Crippen LogP contribution < -0.4 is 0 Å². The quantitative estimate of drug-likeness (QED) is 0.197. The molecular formula is C20H16BrF3O3S2. The van der Waals surface area contributed by atoms with Crippen molar-refractivity contribution in [2.45, 2.75) is 25.5 Å². The van der Waals surface area contributed by atoms with E-state index in [2.05, 4.69) is 101 Å². The fourth-order valence-electron chi connectivity index (χ4n) is 2.24. The standard InChI is InChI=1S/C19H16BrS.CHF3O3S/c20-15-16-11-13-19(14-12-16)21(17-7-3-1-4-8-17)18-9-5-2-6-10-18;2-1(3,4)8(5,6)7/h1-14H,15H2;(H,5,6,7)/q+1;/p-1. The average molecular weight is 505 g/mol. The molecule has 3 aromatic rings. The molecule has 0 heterocycles. The summed E-state index contributed by atoms with van der Waals surface area (Å²) in [7, 11) is -6.13. The van der Waals surface area contributed by atoms with Crippen molar-refractivity contribution in [3.05, 3.63) is 90.5 Å². The number of alkyl halides is 4. The molecule has 0 N–H and O–H groups in total. The van der Waals surface area contributed by atoms with Gasteiger partial charge in [-0.15, -0.1) is 0 Å². The third-order valence-corrected chi connectivity index (χ3v) is 7.00. The maximum absolute atomic E-state index is 10.7. The topological polar surface area (TPSA) is 57.2 Å². The van der Waals surface area contributed by atoms with Crippen molar-refractivity contribution in [1.82, 2.24) is 0 Å². The molecule has 29 heavy (non-hydrogen) atoms. The van der Waals surface area contributed by atoms with Crippen LogP contribution in [-0.2, 0) is 26.3 Å². The van der Waals surface area contributed by atoms with Gasteiger partial charge in [-0.3, -0.25) is 0 Å². The molecular weight excluding hydrogens is 489 g/mol. The number of rotatable bonds is 4. The summed E-state index contributed by atoms with van der Waals surface area (Å²) in [5.74, 6) is 0. The molecule has 0 saturated carbocycles. The molecule has 0 fully saturated rings. The van der Waals surface area contributed by atoms with Crippen LogP contribution in [0.5, 0.6) is 0 Å². The zero-order chi connectivity index (χ0) is 21.5. The minimum Gasteiger partial charge on any atom is -0.741 e. The molecule has 0 spiro atoms. The number of hydrogen-bond donors (Lipinski definition) is 0. The minimum absolute atomic E-state index is 0.0402. The third kappa shape index (κ3) is 6.88. The maximum atomic E-state index is 10.7. The van der Waals surface area contributed by atoms with Gasteiger partial charge in [-0.05, 0) is 42.0 Å². The second-order valence-corrected chi connectivity index (χ2v) is 9.57. The molecule has 0 amide bonds. The Hall–Kier alpha value is -1.81. The van der Waals surface area contributed by atoms with Gasteiger partial charge in [0.1, 0.15) is 0 Å². The normalized spacial score (nSPS) is 11.7. The van der Waals surface area contributed by atoms with E-state index in [4.69, 9.17) is 13.0 Å². The molecule has 3 rings (SSSR count). The van der Waals surface area contributed by atoms with E-state index in [1.54, 1.807) is 0 Å². The van der Waals surface area contributed by atoms with Crippen LogP contribution in [-0.4, -0.2) is 18.5 Å². The molecule has 3 nitrogen and oxygen atoms in total. The second-order valence-electron chi connectivity index (χ2n) is 5.61. The highest BCUT2D eigenvalue weighted by Crippen LogP contribution is 2.31. The largest absolute Gasteiger partial charge is 0.741 e. The fraction of sp³-hybridized carbons (Fsp3) is 0.100. The van der Waals surface area contributed by atoms with Crippen LogP contribution >= 0.6 is 15.9 Å². The van der Waals surface area contributed by atoms with E-state index >= 15 is 0 Å². The highest BCUT2D eigenvalue weighted by molar-refractivity contribution is 9.08. The second kappa shape index (κ2) is 10.3. The first kappa shape index (κ1) is 23.5. The van der Waals surface area contributed by atoms with E-state index < -0.39 is 15.6 Å². The van der Waals surface area contributed by atoms with Crippen molar-refractivity contribution in [3.63, 3.8) is 0 Å². The van der Waals surface area contributed by atoms with Crippen molar-refractivity contribution >= 4 is 36.9 Å². The van der Waals surface area contributed by atoms with E-state index in [0.29, 0.717) is 0 Å². The van der Waals surface area contributed by atoms with Crippen molar-refractivity contribution in [3.8, 4) is 0 Å². The molecule has 0 aromatic heterocycles. The van der Waals surface area contributed by atoms with Crippen molar-refractivity contribution in [1.29, 1.82) is 0 Å². The Morgan fingerprint density at radius 1 is 0.759 bits per heavy atom. The molecule has 9 heteroatoms. The van der Waals surface area contributed by atoms with Crippen LogP contribution in [0, 0.1) is 0 Å². The third-order valence-electron chi connectivity index (χ3n) is 3.55. The van der Waals surface area contributed by atoms with Gasteiger partial charge in [-0.25, -0.2) is 8.42 Å². The van der Waals surface area contributed by atoms with Gasteiger partial charge in [0, 0.05) is 5.33 Å². The van der Waals surface area contributed by atoms with Gasteiger partial charge in [-0.1, -0.05) is 64.5 Å². The Labute approximate surface area is 178 Å². The molecule has 0 aliphatic carbocycles. The van der Waals surface area contributed by atoms with Crippen LogP contribution in [0.15, 0.2) is 99.6 Å². The van der Waals surface area contributed by atoms with Gasteiger partial charge in [-0.2, -0.15) is 13.2 Å². The van der Waals surface area contributed by atoms with Crippen LogP contribution in [0.2, 0.25) is 0 Å². The SMILES string of the molecule is BrCc1ccc([S+](c2ccccc2)c2ccccc2)cc1.O=S(=O)([O-])C(F)(F)F. The summed E-state index contributed by atoms with van der Waals surface area (Å²) in [6.07, 6.45) is 0. The highest BCUT2D eigenvalue weighted by atomic mass is 79.9. The lowest BCUT2D eigenvalue weighted by Crippen LogP contribution is -2.21. The summed E-state index contributed by atoms with van der Waals surface area (Å²) in [5.41, 5.74) is -4.34. The van der Waals surface area contributed by atoms with Gasteiger partial charge in [0.05, 0.1) is 10.9 Å². The maximum Gasteiger partial charge on any atom is 0.485 e. The first-order valence-electron chi connectivity index (χ1n) is 8.15. The van der Waals surface area contributed by atoms with Gasteiger partial charge < -0.3 is 4.55 Å². The molecule has 0 atom stereocenters. The average Bonchev–Trinajstić information content (AvgIpc) is 2.69. The van der Waals surface area contributed by atoms with Crippen LogP contribution in [0.3, 0.4) is 0 Å². The van der Waals surface area contributed by atoms with E-state index in [-0.39, 0.29) is 10.9 Å². The van der Waals surface area contributed by atoms with Gasteiger partial charge >= 0.3 is 5.51 Å². The number of hydrogen-bond acceptors (Lipinski definition) is 3. The highest BCUT2D eigenvalue weighted by Gasteiger charge is 2.37. The zero-order valence-electron chi connectivity index (χ0n) is 14.8. The predicted octanol–water partition coefficient (Wildman–Crippen LogP) is 5.73. The van der Waals surface area contributed by atoms with Crippen molar-refractivity contribution in [2.75, 3.05) is 0 Å². The molecule has 0 aliphatic heterocycles. The Kier molecular flexibility index (Phi) is 8.33. The molecule has 154 valence electrons. The molecule has 0 bridgehead atoms. The molecule has 0 saturated heterocycles. The zero-order valence-corrected chi connectivity index (χ0v) is 18.1. The lowest BCUT2D eigenvalue weighted by atomic mass is 10.2. The van der Waals surface area contributed by atoms with Crippen LogP contribution in [0.1, 0.15) is 5.56 Å². The summed E-state index contributed by atoms with van der Waals surface area (Å²) in [5, 5.41) is 0.901. The van der Waals surface area contributed by atoms with Gasteiger partial charge in [0.2, 0.25) is 0 Å². The van der Waals surface area contributed by atoms with Crippen molar-refractivity contribution in [2.24, 2.45) is 0 Å². The lowest BCUT2D eigenvalue weighted by molar-refractivity contribution is -0.0517. The van der Waals surface area contributed by atoms with E-state index in [9.17, 15) is 13.2 Å². The van der Waals surface area contributed by atoms with Crippen LogP contribution in [0.4, 0.5) is 13.2 Å². The summed E-state index contributed by atoms with van der Waals surface area (Å²) in [6.45, 7) is 0. The lowest BCUT2D eigenvalue weighted by Gasteiger charge is -2.08. The van der Waals surface area contributed by atoms with E-state index in [1.165, 1.54) is 20.2 Å². The Balaban J connectivity index is 0.000000321. The fourth-order valence-corrected chi connectivity index (χ4v) is 4.69. The summed E-state index contributed by atoms with van der Waals surface area (Å²) < 4.78 is 58.9. The Morgan fingerprint density at radius 3 is 1.41 bits per heavy atom. The smallest absolute Gasteiger partial charge is 0.485 e. The van der Waals surface area contributed by atoms with Gasteiger partial charge in [0.15, 0.2) is 24.8 Å².